The summed E-state index contributed by atoms with van der Waals surface area (Å²) in [4.78, 5) is 7.02. The van der Waals surface area contributed by atoms with Crippen LogP contribution < -0.4 is 10.6 Å². The van der Waals surface area contributed by atoms with E-state index in [0.717, 1.165) is 28.3 Å². The van der Waals surface area contributed by atoms with E-state index in [-0.39, 0.29) is 0 Å². The van der Waals surface area contributed by atoms with Crippen molar-refractivity contribution in [1.29, 1.82) is 0 Å². The van der Waals surface area contributed by atoms with Crippen molar-refractivity contribution in [3.63, 3.8) is 0 Å². The van der Waals surface area contributed by atoms with Gasteiger partial charge in [0, 0.05) is 28.5 Å². The molecule has 130 valence electrons. The predicted octanol–water partition coefficient (Wildman–Crippen LogP) is 5.39. The van der Waals surface area contributed by atoms with Crippen molar-refractivity contribution in [1.82, 2.24) is 9.97 Å². The number of benzene rings is 3. The summed E-state index contributed by atoms with van der Waals surface area (Å²) in [5, 5.41) is 11.2. The Morgan fingerprint density at radius 2 is 1.37 bits per heavy atom. The van der Waals surface area contributed by atoms with Crippen LogP contribution in [0.2, 0.25) is 0 Å². The molecule has 4 heteroatoms. The smallest absolute Gasteiger partial charge is 0.191 e. The quantitative estimate of drug-likeness (QED) is 0.345. The summed E-state index contributed by atoms with van der Waals surface area (Å²) in [6.45, 7) is 0. The third-order valence-corrected chi connectivity index (χ3v) is 5.48. The van der Waals surface area contributed by atoms with E-state index in [1.807, 2.05) is 12.3 Å². The normalized spacial score (nSPS) is 14.8. The lowest BCUT2D eigenvalue weighted by atomic mass is 9.94. The number of aromatic amines is 2. The summed E-state index contributed by atoms with van der Waals surface area (Å²) in [6.07, 6.45) is 1.96. The summed E-state index contributed by atoms with van der Waals surface area (Å²) in [6, 6.07) is 27.5. The first-order valence-electron chi connectivity index (χ1n) is 9.14. The second-order valence-electron chi connectivity index (χ2n) is 7.06. The van der Waals surface area contributed by atoms with Crippen LogP contribution in [0.1, 0.15) is 11.4 Å². The molecule has 0 radical (unpaired) electrons. The molecule has 5 aromatic rings. The van der Waals surface area contributed by atoms with Gasteiger partial charge in [-0.1, -0.05) is 42.5 Å². The van der Waals surface area contributed by atoms with Crippen molar-refractivity contribution >= 4 is 33.1 Å². The molecule has 0 aliphatic carbocycles. The Labute approximate surface area is 156 Å². The zero-order chi connectivity index (χ0) is 17.8. The molecule has 0 bridgehead atoms. The Hall–Kier alpha value is -3.66. The zero-order valence-electron chi connectivity index (χ0n) is 14.6. The standard InChI is InChI=1S/C23H18N4/c1-2-9-17-16(6-1)14-21(25-17)23(20-12-5-13-24-20)26-18-10-3-7-15-8-4-11-19(27-23)22(15)18/h1-14,24-27H. The van der Waals surface area contributed by atoms with Gasteiger partial charge in [-0.15, -0.1) is 0 Å². The van der Waals surface area contributed by atoms with Crippen molar-refractivity contribution in [3.8, 4) is 0 Å². The zero-order valence-corrected chi connectivity index (χ0v) is 14.6. The number of hydrogen-bond donors (Lipinski definition) is 4. The van der Waals surface area contributed by atoms with Crippen LogP contribution in [0.5, 0.6) is 0 Å². The second kappa shape index (κ2) is 5.17. The van der Waals surface area contributed by atoms with Gasteiger partial charge in [-0.2, -0.15) is 0 Å². The van der Waals surface area contributed by atoms with E-state index in [0.29, 0.717) is 0 Å². The number of para-hydroxylation sites is 1. The molecule has 0 fully saturated rings. The van der Waals surface area contributed by atoms with Gasteiger partial charge in [0.15, 0.2) is 5.66 Å². The van der Waals surface area contributed by atoms with Gasteiger partial charge in [0.2, 0.25) is 0 Å². The van der Waals surface area contributed by atoms with E-state index in [4.69, 9.17) is 0 Å². The lowest BCUT2D eigenvalue weighted by Gasteiger charge is -2.40. The van der Waals surface area contributed by atoms with Crippen LogP contribution in [-0.2, 0) is 5.66 Å². The van der Waals surface area contributed by atoms with Gasteiger partial charge >= 0.3 is 0 Å². The van der Waals surface area contributed by atoms with Crippen LogP contribution >= 0.6 is 0 Å². The molecule has 0 saturated carbocycles. The Bertz CT molecular complexity index is 1210. The molecule has 2 aromatic heterocycles. The van der Waals surface area contributed by atoms with Gasteiger partial charge in [-0.05, 0) is 47.2 Å². The van der Waals surface area contributed by atoms with Gasteiger partial charge in [0.1, 0.15) is 0 Å². The molecule has 0 amide bonds. The molecule has 1 aliphatic heterocycles. The lowest BCUT2D eigenvalue weighted by Crippen LogP contribution is -2.47. The predicted molar refractivity (Wildman–Crippen MR) is 111 cm³/mol. The van der Waals surface area contributed by atoms with E-state index in [2.05, 4.69) is 93.4 Å². The van der Waals surface area contributed by atoms with Crippen molar-refractivity contribution in [2.45, 2.75) is 5.66 Å². The van der Waals surface area contributed by atoms with Gasteiger partial charge in [0.05, 0.1) is 11.4 Å². The number of nitrogens with one attached hydrogen (secondary N) is 4. The largest absolute Gasteiger partial charge is 0.361 e. The summed E-state index contributed by atoms with van der Waals surface area (Å²) in [5.41, 5.74) is 4.88. The van der Waals surface area contributed by atoms with Crippen LogP contribution in [-0.4, -0.2) is 9.97 Å². The van der Waals surface area contributed by atoms with Crippen molar-refractivity contribution in [3.05, 3.63) is 96.4 Å². The fraction of sp³-hybridized carbons (Fsp3) is 0.0435. The fourth-order valence-corrected chi connectivity index (χ4v) is 4.24. The third-order valence-electron chi connectivity index (χ3n) is 5.48. The molecular formula is C23H18N4. The maximum atomic E-state index is 3.78. The number of hydrogen-bond acceptors (Lipinski definition) is 2. The fourth-order valence-electron chi connectivity index (χ4n) is 4.24. The minimum atomic E-state index is -0.606. The monoisotopic (exact) mass is 350 g/mol. The van der Waals surface area contributed by atoms with Gasteiger partial charge < -0.3 is 20.6 Å². The Morgan fingerprint density at radius 1 is 0.630 bits per heavy atom. The molecule has 4 nitrogen and oxygen atoms in total. The number of anilines is 2. The first-order chi connectivity index (χ1) is 13.3. The minimum Gasteiger partial charge on any atom is -0.361 e. The van der Waals surface area contributed by atoms with Crippen LogP contribution in [0.4, 0.5) is 11.4 Å². The Balaban J connectivity index is 1.64. The number of H-pyrrole nitrogens is 2. The summed E-state index contributed by atoms with van der Waals surface area (Å²) in [7, 11) is 0. The summed E-state index contributed by atoms with van der Waals surface area (Å²) < 4.78 is 0. The maximum absolute atomic E-state index is 3.78. The Kier molecular flexibility index (Phi) is 2.78. The third kappa shape index (κ3) is 1.98. The van der Waals surface area contributed by atoms with Crippen molar-refractivity contribution < 1.29 is 0 Å². The highest BCUT2D eigenvalue weighted by Crippen LogP contribution is 2.44. The molecule has 3 aromatic carbocycles. The van der Waals surface area contributed by atoms with Crippen LogP contribution in [0, 0.1) is 0 Å². The number of aromatic nitrogens is 2. The van der Waals surface area contributed by atoms with E-state index in [1.165, 1.54) is 16.2 Å². The molecule has 0 saturated heterocycles. The van der Waals surface area contributed by atoms with Crippen molar-refractivity contribution in [2.75, 3.05) is 10.6 Å². The van der Waals surface area contributed by atoms with E-state index in [9.17, 15) is 0 Å². The van der Waals surface area contributed by atoms with Gasteiger partial charge in [0.25, 0.3) is 0 Å². The summed E-state index contributed by atoms with van der Waals surface area (Å²) >= 11 is 0. The van der Waals surface area contributed by atoms with Crippen LogP contribution in [0.15, 0.2) is 85.1 Å². The molecule has 0 spiro atoms. The first kappa shape index (κ1) is 14.5. The molecule has 1 aliphatic rings. The Morgan fingerprint density at radius 3 is 2.07 bits per heavy atom. The molecule has 0 unspecified atom stereocenters. The van der Waals surface area contributed by atoms with Gasteiger partial charge in [-0.25, -0.2) is 0 Å². The molecule has 0 atom stereocenters. The number of rotatable bonds is 2. The minimum absolute atomic E-state index is 0.606. The highest BCUT2D eigenvalue weighted by molar-refractivity contribution is 6.05. The maximum Gasteiger partial charge on any atom is 0.191 e. The molecular weight excluding hydrogens is 332 g/mol. The SMILES string of the molecule is c1c[nH]c(C2(c3cc4ccccc4[nH]3)Nc3cccc4cccc(c34)N2)c1. The molecule has 6 rings (SSSR count). The topological polar surface area (TPSA) is 55.6 Å². The lowest BCUT2D eigenvalue weighted by molar-refractivity contribution is 0.638. The first-order valence-corrected chi connectivity index (χ1v) is 9.14. The molecule has 4 N–H and O–H groups in total. The highest BCUT2D eigenvalue weighted by atomic mass is 15.2. The molecule has 3 heterocycles. The average molecular weight is 350 g/mol. The highest BCUT2D eigenvalue weighted by Gasteiger charge is 2.40. The average Bonchev–Trinajstić information content (AvgIpc) is 3.38. The van der Waals surface area contributed by atoms with Crippen LogP contribution in [0.3, 0.4) is 0 Å². The number of fused-ring (bicyclic) bond motifs is 1. The van der Waals surface area contributed by atoms with E-state index in [1.54, 1.807) is 0 Å². The van der Waals surface area contributed by atoms with E-state index >= 15 is 0 Å². The second-order valence-corrected chi connectivity index (χ2v) is 7.06. The van der Waals surface area contributed by atoms with Crippen molar-refractivity contribution in [2.24, 2.45) is 0 Å². The molecule has 27 heavy (non-hydrogen) atoms. The van der Waals surface area contributed by atoms with E-state index < -0.39 is 5.66 Å². The van der Waals surface area contributed by atoms with Gasteiger partial charge in [-0.3, -0.25) is 0 Å². The summed E-state index contributed by atoms with van der Waals surface area (Å²) in [5.74, 6) is 0. The van der Waals surface area contributed by atoms with Crippen LogP contribution in [0.25, 0.3) is 21.7 Å².